The third kappa shape index (κ3) is 4.79. The molecule has 0 spiro atoms. The predicted molar refractivity (Wildman–Crippen MR) is 133 cm³/mol. The van der Waals surface area contributed by atoms with Gasteiger partial charge in [0.1, 0.15) is 0 Å². The molecule has 2 aliphatic heterocycles. The number of fused-ring (bicyclic) bond motifs is 1. The van der Waals surface area contributed by atoms with E-state index in [1.54, 1.807) is 0 Å². The van der Waals surface area contributed by atoms with Crippen molar-refractivity contribution in [2.24, 2.45) is 5.92 Å². The summed E-state index contributed by atoms with van der Waals surface area (Å²) in [7, 11) is 2.04. The van der Waals surface area contributed by atoms with Crippen molar-refractivity contribution in [1.29, 1.82) is 0 Å². The van der Waals surface area contributed by atoms with Crippen LogP contribution >= 0.6 is 0 Å². The minimum atomic E-state index is -0.364. The van der Waals surface area contributed by atoms with Gasteiger partial charge in [0.2, 0.25) is 5.91 Å². The van der Waals surface area contributed by atoms with Crippen LogP contribution in [-0.2, 0) is 14.9 Å². The second-order valence-corrected chi connectivity index (χ2v) is 10.6. The van der Waals surface area contributed by atoms with Gasteiger partial charge in [0.25, 0.3) is 0 Å². The Bertz CT molecular complexity index is 952. The van der Waals surface area contributed by atoms with Crippen LogP contribution in [0.3, 0.4) is 0 Å². The second-order valence-electron chi connectivity index (χ2n) is 10.6. The van der Waals surface area contributed by atoms with Gasteiger partial charge in [-0.3, -0.25) is 9.69 Å². The van der Waals surface area contributed by atoms with Crippen LogP contribution in [0, 0.1) is 5.92 Å². The van der Waals surface area contributed by atoms with Gasteiger partial charge in [-0.05, 0) is 63.2 Å². The fraction of sp³-hybridized carbons (Fsp3) is 0.552. The van der Waals surface area contributed by atoms with Gasteiger partial charge in [-0.15, -0.1) is 0 Å². The van der Waals surface area contributed by atoms with Crippen LogP contribution in [0.15, 0.2) is 60.7 Å². The number of amides is 1. The molecule has 1 amide bonds. The molecule has 2 aromatic carbocycles. The van der Waals surface area contributed by atoms with E-state index in [0.717, 1.165) is 50.6 Å². The number of ether oxygens (including phenoxy) is 1. The van der Waals surface area contributed by atoms with E-state index in [0.29, 0.717) is 13.0 Å². The van der Waals surface area contributed by atoms with Gasteiger partial charge in [0.15, 0.2) is 0 Å². The lowest BCUT2D eigenvalue weighted by Crippen LogP contribution is -2.47. The molecule has 182 valence electrons. The van der Waals surface area contributed by atoms with Gasteiger partial charge in [-0.25, -0.2) is 0 Å². The first-order valence-electron chi connectivity index (χ1n) is 13.0. The zero-order chi connectivity index (χ0) is 23.5. The highest BCUT2D eigenvalue weighted by Crippen LogP contribution is 2.46. The second kappa shape index (κ2) is 10.2. The standard InChI is InChI=1S/C29H38N2O3/c1-31-18-8-13-24(31)28(33)30-20-29(22-11-6-3-7-12-22)16-14-23-25(32)19-27(34-26(23)15-17-29)21-9-4-2-5-10-21/h2-7,9-12,23-27,32H,8,13-20H2,1H3,(H,30,33)/t23-,24-,25+,26+,27+,29+/m1/s1. The predicted octanol–water partition coefficient (Wildman–Crippen LogP) is 4.22. The number of carbonyl (C=O) groups excluding carboxylic acids is 1. The molecule has 2 aromatic rings. The molecule has 2 heterocycles. The minimum Gasteiger partial charge on any atom is -0.393 e. The molecule has 3 fully saturated rings. The van der Waals surface area contributed by atoms with E-state index in [1.807, 2.05) is 25.2 Å². The highest BCUT2D eigenvalue weighted by Gasteiger charge is 2.45. The van der Waals surface area contributed by atoms with Gasteiger partial charge in [0.05, 0.1) is 24.4 Å². The number of nitrogens with one attached hydrogen (secondary N) is 1. The molecule has 6 atom stereocenters. The molecule has 5 nitrogen and oxygen atoms in total. The SMILES string of the molecule is CN1CCC[C@@H]1C(=O)NC[C@]1(c2ccccc2)CC[C@H]2[C@H](CC1)O[C@H](c1ccccc1)C[C@@H]2O. The Kier molecular flexibility index (Phi) is 7.05. The van der Waals surface area contributed by atoms with Crippen LogP contribution in [0.4, 0.5) is 0 Å². The monoisotopic (exact) mass is 462 g/mol. The van der Waals surface area contributed by atoms with Gasteiger partial charge >= 0.3 is 0 Å². The van der Waals surface area contributed by atoms with Crippen molar-refractivity contribution < 1.29 is 14.6 Å². The van der Waals surface area contributed by atoms with Crippen LogP contribution < -0.4 is 5.32 Å². The molecule has 34 heavy (non-hydrogen) atoms. The molecule has 0 radical (unpaired) electrons. The lowest BCUT2D eigenvalue weighted by atomic mass is 9.73. The number of carbonyl (C=O) groups is 1. The molecule has 1 aliphatic carbocycles. The average Bonchev–Trinajstić information content (AvgIpc) is 3.21. The lowest BCUT2D eigenvalue weighted by molar-refractivity contribution is -0.139. The van der Waals surface area contributed by atoms with Crippen molar-refractivity contribution in [1.82, 2.24) is 10.2 Å². The largest absolute Gasteiger partial charge is 0.393 e. The zero-order valence-electron chi connectivity index (χ0n) is 20.2. The maximum absolute atomic E-state index is 13.0. The number of likely N-dealkylation sites (tertiary alicyclic amines) is 1. The minimum absolute atomic E-state index is 0.0158. The number of aliphatic hydroxyl groups is 1. The van der Waals surface area contributed by atoms with Crippen molar-refractivity contribution in [3.05, 3.63) is 71.8 Å². The summed E-state index contributed by atoms with van der Waals surface area (Å²) in [6.07, 6.45) is 5.95. The first-order chi connectivity index (χ1) is 16.6. The normalized spacial score (nSPS) is 34.2. The van der Waals surface area contributed by atoms with Gasteiger partial charge in [-0.2, -0.15) is 0 Å². The molecule has 2 N–H and O–H groups in total. The fourth-order valence-corrected chi connectivity index (χ4v) is 6.51. The number of nitrogens with zero attached hydrogens (tertiary/aromatic N) is 1. The van der Waals surface area contributed by atoms with Crippen LogP contribution in [0.5, 0.6) is 0 Å². The molecular weight excluding hydrogens is 424 g/mol. The molecule has 0 bridgehead atoms. The Morgan fingerprint density at radius 3 is 2.47 bits per heavy atom. The summed E-state index contributed by atoms with van der Waals surface area (Å²) < 4.78 is 6.62. The number of aliphatic hydroxyl groups excluding tert-OH is 1. The summed E-state index contributed by atoms with van der Waals surface area (Å²) in [5.41, 5.74) is 2.28. The number of rotatable bonds is 5. The summed E-state index contributed by atoms with van der Waals surface area (Å²) in [4.78, 5) is 15.2. The van der Waals surface area contributed by atoms with Crippen LogP contribution in [0.25, 0.3) is 0 Å². The fourth-order valence-electron chi connectivity index (χ4n) is 6.51. The van der Waals surface area contributed by atoms with Crippen molar-refractivity contribution in [2.45, 2.75) is 74.7 Å². The van der Waals surface area contributed by atoms with Gasteiger partial charge < -0.3 is 15.2 Å². The number of hydrogen-bond donors (Lipinski definition) is 2. The summed E-state index contributed by atoms with van der Waals surface area (Å²) >= 11 is 0. The molecule has 0 unspecified atom stereocenters. The average molecular weight is 463 g/mol. The molecule has 5 heteroatoms. The van der Waals surface area contributed by atoms with E-state index < -0.39 is 0 Å². The summed E-state index contributed by atoms with van der Waals surface area (Å²) in [6.45, 7) is 1.63. The molecule has 5 rings (SSSR count). The highest BCUT2D eigenvalue weighted by molar-refractivity contribution is 5.82. The number of hydrogen-bond acceptors (Lipinski definition) is 4. The molecule has 2 saturated heterocycles. The van der Waals surface area contributed by atoms with E-state index >= 15 is 0 Å². The Balaban J connectivity index is 1.34. The zero-order valence-corrected chi connectivity index (χ0v) is 20.2. The van der Waals surface area contributed by atoms with Crippen molar-refractivity contribution in [2.75, 3.05) is 20.1 Å². The number of likely N-dealkylation sites (N-methyl/N-ethyl adjacent to an activating group) is 1. The topological polar surface area (TPSA) is 61.8 Å². The molecule has 3 aliphatic rings. The quantitative estimate of drug-likeness (QED) is 0.699. The summed E-state index contributed by atoms with van der Waals surface area (Å²) in [6, 6.07) is 20.9. The van der Waals surface area contributed by atoms with E-state index in [9.17, 15) is 9.90 Å². The highest BCUT2D eigenvalue weighted by atomic mass is 16.5. The van der Waals surface area contributed by atoms with Crippen LogP contribution in [0.2, 0.25) is 0 Å². The van der Waals surface area contributed by atoms with Crippen LogP contribution in [-0.4, -0.2) is 54.3 Å². The molecular formula is C29H38N2O3. The Labute approximate surface area is 203 Å². The van der Waals surface area contributed by atoms with Gasteiger partial charge in [0, 0.05) is 24.3 Å². The third-order valence-electron chi connectivity index (χ3n) is 8.61. The third-order valence-corrected chi connectivity index (χ3v) is 8.61. The lowest BCUT2D eigenvalue weighted by Gasteiger charge is -2.39. The first-order valence-corrected chi connectivity index (χ1v) is 13.0. The van der Waals surface area contributed by atoms with E-state index in [2.05, 4.69) is 52.7 Å². The molecule has 1 saturated carbocycles. The molecule has 0 aromatic heterocycles. The van der Waals surface area contributed by atoms with Gasteiger partial charge in [-0.1, -0.05) is 60.7 Å². The number of benzene rings is 2. The van der Waals surface area contributed by atoms with E-state index in [4.69, 9.17) is 4.74 Å². The summed E-state index contributed by atoms with van der Waals surface area (Å²) in [5, 5.41) is 14.5. The Morgan fingerprint density at radius 1 is 1.06 bits per heavy atom. The van der Waals surface area contributed by atoms with E-state index in [-0.39, 0.29) is 41.6 Å². The smallest absolute Gasteiger partial charge is 0.237 e. The van der Waals surface area contributed by atoms with Crippen LogP contribution in [0.1, 0.15) is 62.2 Å². The first kappa shape index (κ1) is 23.5. The Morgan fingerprint density at radius 2 is 1.76 bits per heavy atom. The van der Waals surface area contributed by atoms with Crippen molar-refractivity contribution in [3.63, 3.8) is 0 Å². The summed E-state index contributed by atoms with van der Waals surface area (Å²) in [5.74, 6) is 0.291. The Hall–Kier alpha value is -2.21. The van der Waals surface area contributed by atoms with E-state index in [1.165, 1.54) is 5.56 Å². The van der Waals surface area contributed by atoms with Crippen molar-refractivity contribution in [3.8, 4) is 0 Å². The maximum Gasteiger partial charge on any atom is 0.237 e. The maximum atomic E-state index is 13.0. The van der Waals surface area contributed by atoms with Crippen molar-refractivity contribution >= 4 is 5.91 Å².